The minimum Gasteiger partial charge on any atom is -0.496 e. The largest absolute Gasteiger partial charge is 0.496 e. The Morgan fingerprint density at radius 1 is 1.17 bits per heavy atom. The number of hydrogen-bond donors (Lipinski definition) is 0. The minimum absolute atomic E-state index is 0.00427. The van der Waals surface area contributed by atoms with Crippen molar-refractivity contribution in [1.82, 2.24) is 4.57 Å². The summed E-state index contributed by atoms with van der Waals surface area (Å²) < 4.78 is 19.0. The molecule has 5 rings (SSSR count). The lowest BCUT2D eigenvalue weighted by atomic mass is 9.93. The van der Waals surface area contributed by atoms with Crippen LogP contribution >= 0.6 is 11.3 Å². The second-order valence-corrected chi connectivity index (χ2v) is 10.6. The summed E-state index contributed by atoms with van der Waals surface area (Å²) in [5.74, 6) is 0.836. The molecule has 1 aliphatic heterocycles. The number of nitrogens with zero attached hydrogens (tertiary/aromatic N) is 3. The zero-order valence-electron chi connectivity index (χ0n) is 23.6. The van der Waals surface area contributed by atoms with Gasteiger partial charge in [-0.2, -0.15) is 0 Å². The number of hydrogen-bond acceptors (Lipinski definition) is 9. The highest BCUT2D eigenvalue weighted by Gasteiger charge is 2.35. The number of allylic oxidation sites excluding steroid dienone is 1. The molecule has 42 heavy (non-hydrogen) atoms. The quantitative estimate of drug-likeness (QED) is 0.152. The Balaban J connectivity index is 1.68. The van der Waals surface area contributed by atoms with Gasteiger partial charge in [0.15, 0.2) is 4.80 Å². The Bertz CT molecular complexity index is 1900. The number of thiazole rings is 1. The third-order valence-electron chi connectivity index (χ3n) is 6.99. The molecule has 10 nitrogen and oxygen atoms in total. The number of rotatable bonds is 9. The zero-order valence-corrected chi connectivity index (χ0v) is 24.4. The summed E-state index contributed by atoms with van der Waals surface area (Å²) in [7, 11) is 1.54. The molecule has 1 atom stereocenters. The van der Waals surface area contributed by atoms with Crippen molar-refractivity contribution in [3.63, 3.8) is 0 Å². The molecular weight excluding hydrogens is 558 g/mol. The van der Waals surface area contributed by atoms with Gasteiger partial charge in [0.2, 0.25) is 0 Å². The lowest BCUT2D eigenvalue weighted by molar-refractivity contribution is -0.385. The smallest absolute Gasteiger partial charge is 0.338 e. The molecule has 3 heterocycles. The number of para-hydroxylation sites is 1. The van der Waals surface area contributed by atoms with Gasteiger partial charge < -0.3 is 13.9 Å². The summed E-state index contributed by atoms with van der Waals surface area (Å²) in [4.78, 5) is 43.5. The average molecular weight is 588 g/mol. The second-order valence-electron chi connectivity index (χ2n) is 9.56. The summed E-state index contributed by atoms with van der Waals surface area (Å²) in [6, 6.07) is 14.7. The molecule has 11 heteroatoms. The lowest BCUT2D eigenvalue weighted by Crippen LogP contribution is -2.40. The fourth-order valence-corrected chi connectivity index (χ4v) is 6.10. The van der Waals surface area contributed by atoms with Crippen molar-refractivity contribution < 1.29 is 23.6 Å². The van der Waals surface area contributed by atoms with Crippen LogP contribution in [0.1, 0.15) is 49.6 Å². The van der Waals surface area contributed by atoms with Crippen LogP contribution in [-0.4, -0.2) is 29.2 Å². The van der Waals surface area contributed by atoms with Crippen molar-refractivity contribution in [2.45, 2.75) is 39.7 Å². The fourth-order valence-electron chi connectivity index (χ4n) is 5.10. The number of aromatic nitrogens is 1. The highest BCUT2D eigenvalue weighted by molar-refractivity contribution is 7.07. The zero-order chi connectivity index (χ0) is 30.0. The van der Waals surface area contributed by atoms with Gasteiger partial charge in [-0.25, -0.2) is 9.79 Å². The van der Waals surface area contributed by atoms with Crippen molar-refractivity contribution in [3.8, 4) is 17.1 Å². The van der Waals surface area contributed by atoms with Crippen molar-refractivity contribution in [1.29, 1.82) is 0 Å². The Morgan fingerprint density at radius 2 is 1.95 bits per heavy atom. The summed E-state index contributed by atoms with van der Waals surface area (Å²) in [5.41, 5.74) is 2.23. The highest BCUT2D eigenvalue weighted by Crippen LogP contribution is 2.37. The fraction of sp³-hybridized carbons (Fsp3) is 0.258. The summed E-state index contributed by atoms with van der Waals surface area (Å²) >= 11 is 1.19. The van der Waals surface area contributed by atoms with Gasteiger partial charge >= 0.3 is 5.97 Å². The third kappa shape index (κ3) is 5.18. The number of esters is 1. The summed E-state index contributed by atoms with van der Waals surface area (Å²) in [6.45, 7) is 5.57. The van der Waals surface area contributed by atoms with Crippen LogP contribution in [0.2, 0.25) is 0 Å². The van der Waals surface area contributed by atoms with Gasteiger partial charge in [0.25, 0.3) is 11.2 Å². The number of methoxy groups -OCH3 is 1. The Morgan fingerprint density at radius 3 is 2.67 bits per heavy atom. The van der Waals surface area contributed by atoms with E-state index in [0.717, 1.165) is 6.42 Å². The van der Waals surface area contributed by atoms with Gasteiger partial charge in [-0.15, -0.1) is 0 Å². The first kappa shape index (κ1) is 28.7. The number of ether oxygens (including phenoxy) is 2. The predicted molar refractivity (Wildman–Crippen MR) is 158 cm³/mol. The normalized spacial score (nSPS) is 14.9. The maximum Gasteiger partial charge on any atom is 0.338 e. The highest BCUT2D eigenvalue weighted by atomic mass is 32.1. The number of furan rings is 1. The molecule has 0 amide bonds. The van der Waals surface area contributed by atoms with Crippen molar-refractivity contribution in [2.75, 3.05) is 13.7 Å². The maximum absolute atomic E-state index is 14.0. The molecule has 0 saturated heterocycles. The molecule has 0 bridgehead atoms. The minimum atomic E-state index is -0.806. The van der Waals surface area contributed by atoms with Crippen LogP contribution in [0.5, 0.6) is 5.75 Å². The Labute approximate surface area is 245 Å². The number of nitro benzene ring substituents is 1. The van der Waals surface area contributed by atoms with Crippen LogP contribution in [0.4, 0.5) is 5.69 Å². The molecule has 216 valence electrons. The van der Waals surface area contributed by atoms with Gasteiger partial charge in [0.05, 0.1) is 34.4 Å². The summed E-state index contributed by atoms with van der Waals surface area (Å²) in [5, 5.41) is 11.4. The third-order valence-corrected chi connectivity index (χ3v) is 7.98. The van der Waals surface area contributed by atoms with E-state index in [1.54, 1.807) is 57.4 Å². The maximum atomic E-state index is 14.0. The molecular formula is C31H29N3O7S. The van der Waals surface area contributed by atoms with Crippen molar-refractivity contribution in [3.05, 3.63) is 113 Å². The van der Waals surface area contributed by atoms with Crippen LogP contribution in [0, 0.1) is 17.0 Å². The first-order valence-electron chi connectivity index (χ1n) is 13.5. The van der Waals surface area contributed by atoms with Crippen LogP contribution < -0.4 is 19.6 Å². The van der Waals surface area contributed by atoms with E-state index in [1.807, 2.05) is 25.1 Å². The predicted octanol–water partition coefficient (Wildman–Crippen LogP) is 5.06. The van der Waals surface area contributed by atoms with Crippen LogP contribution in [0.15, 0.2) is 80.1 Å². The number of fused-ring (bicyclic) bond motifs is 1. The lowest BCUT2D eigenvalue weighted by Gasteiger charge is -2.26. The number of carbonyl (C=O) groups excluding carboxylic acids is 1. The topological polar surface area (TPSA) is 126 Å². The van der Waals surface area contributed by atoms with Gasteiger partial charge in [-0.05, 0) is 38.5 Å². The standard InChI is InChI=1S/C31H29N3O7S/c1-5-10-22-27(30(36)40-6-2)28(21-11-7-8-14-24(21)39-4)33-29(35)26(42-31(33)32-22)17-19-15-16-25(41-19)20-12-9-13-23(18(20)3)34(37)38/h7-9,11-17,28H,5-6,10H2,1-4H3/b26-17-/t28-/m1/s1. The molecule has 4 aromatic rings. The van der Waals surface area contributed by atoms with E-state index in [0.29, 0.717) is 61.0 Å². The number of carbonyl (C=O) groups is 1. The monoisotopic (exact) mass is 587 g/mol. The SMILES string of the molecule is CCCC1=C(C(=O)OCC)[C@@H](c2ccccc2OC)n2c(s/c(=C\c3ccc(-c4cccc([N+](=O)[O-])c4C)o3)c2=O)=N1. The van der Waals surface area contributed by atoms with E-state index in [4.69, 9.17) is 18.9 Å². The number of benzene rings is 2. The van der Waals surface area contributed by atoms with E-state index >= 15 is 0 Å². The van der Waals surface area contributed by atoms with E-state index in [2.05, 4.69) is 0 Å². The van der Waals surface area contributed by atoms with Gasteiger partial charge in [-0.3, -0.25) is 19.5 Å². The van der Waals surface area contributed by atoms with E-state index in [9.17, 15) is 19.7 Å². The first-order valence-corrected chi connectivity index (χ1v) is 14.3. The molecule has 2 aromatic carbocycles. The molecule has 0 aliphatic carbocycles. The van der Waals surface area contributed by atoms with E-state index in [-0.39, 0.29) is 17.9 Å². The van der Waals surface area contributed by atoms with Crippen LogP contribution in [0.25, 0.3) is 17.4 Å². The van der Waals surface area contributed by atoms with Gasteiger partial charge in [-0.1, -0.05) is 55.0 Å². The number of nitro groups is 1. The van der Waals surface area contributed by atoms with Crippen molar-refractivity contribution >= 4 is 29.1 Å². The second kappa shape index (κ2) is 12.0. The summed E-state index contributed by atoms with van der Waals surface area (Å²) in [6.07, 6.45) is 2.88. The Hall–Kier alpha value is -4.77. The molecule has 0 N–H and O–H groups in total. The molecule has 0 radical (unpaired) electrons. The molecule has 0 spiro atoms. The molecule has 0 unspecified atom stereocenters. The molecule has 1 aliphatic rings. The molecule has 0 saturated carbocycles. The average Bonchev–Trinajstić information content (AvgIpc) is 3.56. The first-order chi connectivity index (χ1) is 20.3. The van der Waals surface area contributed by atoms with E-state index in [1.165, 1.54) is 22.0 Å². The van der Waals surface area contributed by atoms with E-state index < -0.39 is 16.9 Å². The molecule has 0 fully saturated rings. The Kier molecular flexibility index (Phi) is 8.21. The van der Waals surface area contributed by atoms with Gasteiger partial charge in [0.1, 0.15) is 23.3 Å². The van der Waals surface area contributed by atoms with Crippen molar-refractivity contribution in [2.24, 2.45) is 4.99 Å². The van der Waals surface area contributed by atoms with Gasteiger partial charge in [0, 0.05) is 28.8 Å². The van der Waals surface area contributed by atoms with Crippen LogP contribution in [-0.2, 0) is 9.53 Å². The molecule has 2 aromatic heterocycles. The van der Waals surface area contributed by atoms with Crippen LogP contribution in [0.3, 0.4) is 0 Å².